The van der Waals surface area contributed by atoms with Crippen molar-refractivity contribution in [2.75, 3.05) is 19.6 Å². The molecule has 1 aromatic carbocycles. The molecule has 0 saturated carbocycles. The molecule has 1 fully saturated rings. The number of hydrogen-bond acceptors (Lipinski definition) is 5. The standard InChI is InChI=1S/C18H23N3O6/c1-2-4-16(22)19-10-12-5-3-6-20(11-12)17(23)13-7-14(18(24)25)9-15(8-13)21(26)27/h7-9,12H,2-6,10-11H2,1H3,(H,19,22)(H,24,25). The molecule has 0 radical (unpaired) electrons. The van der Waals surface area contributed by atoms with Crippen LogP contribution in [0.3, 0.4) is 0 Å². The zero-order chi connectivity index (χ0) is 20.0. The summed E-state index contributed by atoms with van der Waals surface area (Å²) in [4.78, 5) is 47.4. The fraction of sp³-hybridized carbons (Fsp3) is 0.500. The minimum atomic E-state index is -1.33. The van der Waals surface area contributed by atoms with Gasteiger partial charge in [0, 0.05) is 43.8 Å². The van der Waals surface area contributed by atoms with E-state index in [1.54, 1.807) is 4.90 Å². The first-order valence-corrected chi connectivity index (χ1v) is 8.90. The highest BCUT2D eigenvalue weighted by molar-refractivity contribution is 5.98. The van der Waals surface area contributed by atoms with E-state index in [4.69, 9.17) is 5.11 Å². The van der Waals surface area contributed by atoms with Crippen molar-refractivity contribution in [1.82, 2.24) is 10.2 Å². The maximum Gasteiger partial charge on any atom is 0.335 e. The molecule has 1 atom stereocenters. The summed E-state index contributed by atoms with van der Waals surface area (Å²) in [6.45, 7) is 3.29. The molecule has 1 unspecified atom stereocenters. The van der Waals surface area contributed by atoms with Crippen LogP contribution in [0.15, 0.2) is 18.2 Å². The number of carboxylic acid groups (broad SMARTS) is 1. The monoisotopic (exact) mass is 377 g/mol. The van der Waals surface area contributed by atoms with Crippen LogP contribution >= 0.6 is 0 Å². The van der Waals surface area contributed by atoms with Gasteiger partial charge in [-0.2, -0.15) is 0 Å². The summed E-state index contributed by atoms with van der Waals surface area (Å²) in [6.07, 6.45) is 2.84. The Balaban J connectivity index is 2.11. The molecule has 0 bridgehead atoms. The topological polar surface area (TPSA) is 130 Å². The van der Waals surface area contributed by atoms with Crippen LogP contribution < -0.4 is 5.32 Å². The van der Waals surface area contributed by atoms with E-state index in [1.165, 1.54) is 0 Å². The molecule has 1 aliphatic heterocycles. The highest BCUT2D eigenvalue weighted by Gasteiger charge is 2.26. The lowest BCUT2D eigenvalue weighted by Gasteiger charge is -2.33. The molecule has 0 aromatic heterocycles. The summed E-state index contributed by atoms with van der Waals surface area (Å²) in [5.41, 5.74) is -0.746. The number of nitro groups is 1. The first-order valence-electron chi connectivity index (χ1n) is 8.90. The van der Waals surface area contributed by atoms with Crippen LogP contribution in [0.4, 0.5) is 5.69 Å². The van der Waals surface area contributed by atoms with Gasteiger partial charge in [-0.1, -0.05) is 6.92 Å². The summed E-state index contributed by atoms with van der Waals surface area (Å²) >= 11 is 0. The van der Waals surface area contributed by atoms with Crippen molar-refractivity contribution in [2.45, 2.75) is 32.6 Å². The van der Waals surface area contributed by atoms with E-state index >= 15 is 0 Å². The number of likely N-dealkylation sites (tertiary alicyclic amines) is 1. The van der Waals surface area contributed by atoms with Gasteiger partial charge >= 0.3 is 5.97 Å². The number of non-ortho nitro benzene ring substituents is 1. The van der Waals surface area contributed by atoms with Gasteiger partial charge in [0.15, 0.2) is 0 Å². The van der Waals surface area contributed by atoms with E-state index in [9.17, 15) is 24.5 Å². The number of benzene rings is 1. The summed E-state index contributed by atoms with van der Waals surface area (Å²) in [5.74, 6) is -1.69. The van der Waals surface area contributed by atoms with Crippen molar-refractivity contribution in [1.29, 1.82) is 0 Å². The van der Waals surface area contributed by atoms with E-state index in [1.807, 2.05) is 6.92 Å². The maximum atomic E-state index is 12.8. The SMILES string of the molecule is CCCC(=O)NCC1CCCN(C(=O)c2cc(C(=O)O)cc([N+](=O)[O-])c2)C1. The van der Waals surface area contributed by atoms with E-state index < -0.39 is 22.5 Å². The zero-order valence-corrected chi connectivity index (χ0v) is 15.1. The Kier molecular flexibility index (Phi) is 6.86. The molecule has 1 aliphatic rings. The maximum absolute atomic E-state index is 12.8. The molecule has 9 nitrogen and oxygen atoms in total. The quantitative estimate of drug-likeness (QED) is 0.552. The summed E-state index contributed by atoms with van der Waals surface area (Å²) in [5, 5.41) is 23.0. The van der Waals surface area contributed by atoms with Gasteiger partial charge in [-0.05, 0) is 31.2 Å². The van der Waals surface area contributed by atoms with Gasteiger partial charge in [-0.25, -0.2) is 4.79 Å². The Bertz CT molecular complexity index is 716. The lowest BCUT2D eigenvalue weighted by atomic mass is 9.97. The molecule has 2 amide bonds. The van der Waals surface area contributed by atoms with Crippen LogP contribution in [-0.2, 0) is 4.79 Å². The normalized spacial score (nSPS) is 16.6. The Labute approximate surface area is 156 Å². The molecule has 1 aromatic rings. The van der Waals surface area contributed by atoms with Gasteiger partial charge in [0.2, 0.25) is 5.91 Å². The molecular formula is C18H23N3O6. The number of carbonyl (C=O) groups is 3. The van der Waals surface area contributed by atoms with Crippen LogP contribution in [0.5, 0.6) is 0 Å². The van der Waals surface area contributed by atoms with Gasteiger partial charge in [-0.3, -0.25) is 19.7 Å². The first kappa shape index (κ1) is 20.3. The zero-order valence-electron chi connectivity index (χ0n) is 15.1. The number of carbonyl (C=O) groups excluding carboxylic acids is 2. The molecular weight excluding hydrogens is 354 g/mol. The van der Waals surface area contributed by atoms with Crippen molar-refractivity contribution >= 4 is 23.5 Å². The number of amides is 2. The largest absolute Gasteiger partial charge is 0.478 e. The third-order valence-electron chi connectivity index (χ3n) is 4.49. The van der Waals surface area contributed by atoms with Gasteiger partial charge in [-0.15, -0.1) is 0 Å². The summed E-state index contributed by atoms with van der Waals surface area (Å²) in [7, 11) is 0. The van der Waals surface area contributed by atoms with E-state index in [-0.39, 0.29) is 23.0 Å². The van der Waals surface area contributed by atoms with Crippen LogP contribution in [0, 0.1) is 16.0 Å². The molecule has 146 valence electrons. The molecule has 27 heavy (non-hydrogen) atoms. The third-order valence-corrected chi connectivity index (χ3v) is 4.49. The molecule has 0 spiro atoms. The fourth-order valence-electron chi connectivity index (χ4n) is 3.14. The smallest absolute Gasteiger partial charge is 0.335 e. The van der Waals surface area contributed by atoms with Crippen LogP contribution in [0.2, 0.25) is 0 Å². The average Bonchev–Trinajstić information content (AvgIpc) is 2.65. The van der Waals surface area contributed by atoms with Crippen LogP contribution in [-0.4, -0.2) is 52.3 Å². The number of nitro benzene ring substituents is 1. The number of aromatic carboxylic acids is 1. The lowest BCUT2D eigenvalue weighted by molar-refractivity contribution is -0.384. The first-order chi connectivity index (χ1) is 12.8. The number of hydrogen-bond donors (Lipinski definition) is 2. The van der Waals surface area contributed by atoms with Crippen LogP contribution in [0.1, 0.15) is 53.3 Å². The second-order valence-corrected chi connectivity index (χ2v) is 6.64. The van der Waals surface area contributed by atoms with Gasteiger partial charge in [0.05, 0.1) is 10.5 Å². The van der Waals surface area contributed by atoms with Gasteiger partial charge < -0.3 is 15.3 Å². The predicted molar refractivity (Wildman–Crippen MR) is 96.6 cm³/mol. The summed E-state index contributed by atoms with van der Waals surface area (Å²) < 4.78 is 0. The summed E-state index contributed by atoms with van der Waals surface area (Å²) in [6, 6.07) is 3.19. The highest BCUT2D eigenvalue weighted by atomic mass is 16.6. The second kappa shape index (κ2) is 9.11. The Morgan fingerprint density at radius 3 is 2.63 bits per heavy atom. The average molecular weight is 377 g/mol. The minimum Gasteiger partial charge on any atom is -0.478 e. The Morgan fingerprint density at radius 1 is 1.30 bits per heavy atom. The van der Waals surface area contributed by atoms with Crippen molar-refractivity contribution in [3.8, 4) is 0 Å². The Morgan fingerprint density at radius 2 is 2.00 bits per heavy atom. The van der Waals surface area contributed by atoms with Crippen molar-refractivity contribution in [2.24, 2.45) is 5.92 Å². The molecule has 9 heteroatoms. The Hall–Kier alpha value is -2.97. The number of nitrogens with zero attached hydrogens (tertiary/aromatic N) is 2. The molecule has 2 rings (SSSR count). The minimum absolute atomic E-state index is 0.0164. The number of carboxylic acids is 1. The van der Waals surface area contributed by atoms with Crippen molar-refractivity contribution in [3.63, 3.8) is 0 Å². The van der Waals surface area contributed by atoms with Crippen molar-refractivity contribution in [3.05, 3.63) is 39.4 Å². The number of piperidine rings is 1. The van der Waals surface area contributed by atoms with E-state index in [0.29, 0.717) is 26.1 Å². The fourth-order valence-corrected chi connectivity index (χ4v) is 3.14. The van der Waals surface area contributed by atoms with Crippen LogP contribution in [0.25, 0.3) is 0 Å². The van der Waals surface area contributed by atoms with E-state index in [0.717, 1.165) is 37.5 Å². The molecule has 1 saturated heterocycles. The molecule has 2 N–H and O–H groups in total. The van der Waals surface area contributed by atoms with Gasteiger partial charge in [0.25, 0.3) is 11.6 Å². The lowest BCUT2D eigenvalue weighted by Crippen LogP contribution is -2.43. The number of nitrogens with one attached hydrogen (secondary N) is 1. The molecule has 0 aliphatic carbocycles. The second-order valence-electron chi connectivity index (χ2n) is 6.64. The molecule has 1 heterocycles. The third kappa shape index (κ3) is 5.50. The number of rotatable bonds is 7. The van der Waals surface area contributed by atoms with Gasteiger partial charge in [0.1, 0.15) is 0 Å². The van der Waals surface area contributed by atoms with E-state index in [2.05, 4.69) is 5.32 Å². The predicted octanol–water partition coefficient (Wildman–Crippen LogP) is 2.06. The van der Waals surface area contributed by atoms with Crippen molar-refractivity contribution < 1.29 is 24.4 Å². The highest BCUT2D eigenvalue weighted by Crippen LogP contribution is 2.22.